The van der Waals surface area contributed by atoms with Crippen LogP contribution in [0.4, 0.5) is 0 Å². The third-order valence-corrected chi connectivity index (χ3v) is 4.60. The van der Waals surface area contributed by atoms with Gasteiger partial charge in [0.2, 0.25) is 5.89 Å². The van der Waals surface area contributed by atoms with Gasteiger partial charge in [-0.15, -0.1) is 10.2 Å². The van der Waals surface area contributed by atoms with Crippen molar-refractivity contribution < 1.29 is 23.4 Å². The molecule has 0 fully saturated rings. The molecule has 0 N–H and O–H groups in total. The predicted molar refractivity (Wildman–Crippen MR) is 105 cm³/mol. The molecule has 29 heavy (non-hydrogen) atoms. The van der Waals surface area contributed by atoms with Gasteiger partial charge in [-0.05, 0) is 48.4 Å². The van der Waals surface area contributed by atoms with Crippen LogP contribution >= 0.6 is 11.6 Å². The number of aromatic nitrogens is 2. The monoisotopic (exact) mass is 414 g/mol. The first-order chi connectivity index (χ1) is 14.2. The highest BCUT2D eigenvalue weighted by atomic mass is 35.5. The second-order valence-corrected chi connectivity index (χ2v) is 6.94. The molecule has 150 valence electrons. The van der Waals surface area contributed by atoms with Crippen molar-refractivity contribution in [3.63, 3.8) is 0 Å². The molecular formula is C21H19ClN2O5. The van der Waals surface area contributed by atoms with Crippen molar-refractivity contribution in [2.45, 2.75) is 25.9 Å². The average molecular weight is 415 g/mol. The first-order valence-electron chi connectivity index (χ1n) is 9.30. The Hall–Kier alpha value is -3.06. The van der Waals surface area contributed by atoms with Crippen molar-refractivity contribution in [1.29, 1.82) is 0 Å². The highest BCUT2D eigenvalue weighted by molar-refractivity contribution is 6.30. The maximum Gasteiger partial charge on any atom is 0.306 e. The van der Waals surface area contributed by atoms with E-state index in [9.17, 15) is 4.79 Å². The highest BCUT2D eigenvalue weighted by Gasteiger charge is 2.13. The zero-order chi connectivity index (χ0) is 20.1. The number of carbonyl (C=O) groups excluding carboxylic acids is 1. The van der Waals surface area contributed by atoms with Gasteiger partial charge in [-0.2, -0.15) is 0 Å². The van der Waals surface area contributed by atoms with Gasteiger partial charge in [0.05, 0.1) is 13.2 Å². The van der Waals surface area contributed by atoms with E-state index in [0.29, 0.717) is 36.3 Å². The third kappa shape index (κ3) is 5.06. The summed E-state index contributed by atoms with van der Waals surface area (Å²) in [5.74, 6) is 1.69. The summed E-state index contributed by atoms with van der Waals surface area (Å²) in [6.45, 7) is 1.20. The van der Waals surface area contributed by atoms with Crippen molar-refractivity contribution in [2.75, 3.05) is 13.2 Å². The van der Waals surface area contributed by atoms with Gasteiger partial charge in [0.15, 0.2) is 18.1 Å². The molecule has 0 unspecified atom stereocenters. The highest BCUT2D eigenvalue weighted by Crippen LogP contribution is 2.30. The van der Waals surface area contributed by atoms with Crippen LogP contribution in [0.2, 0.25) is 5.02 Å². The Balaban J connectivity index is 1.27. The summed E-state index contributed by atoms with van der Waals surface area (Å²) >= 11 is 5.87. The normalized spacial score (nSPS) is 13.0. The molecule has 0 saturated heterocycles. The van der Waals surface area contributed by atoms with Gasteiger partial charge < -0.3 is 18.6 Å². The molecule has 0 bridgehead atoms. The molecule has 2 heterocycles. The Labute approximate surface area is 172 Å². The van der Waals surface area contributed by atoms with E-state index in [1.807, 2.05) is 18.2 Å². The second-order valence-electron chi connectivity index (χ2n) is 6.50. The topological polar surface area (TPSA) is 83.7 Å². The number of esters is 1. The summed E-state index contributed by atoms with van der Waals surface area (Å²) in [4.78, 5) is 12.1. The van der Waals surface area contributed by atoms with Gasteiger partial charge in [0.25, 0.3) is 5.89 Å². The second kappa shape index (κ2) is 8.96. The van der Waals surface area contributed by atoms with Crippen LogP contribution in [0.1, 0.15) is 24.3 Å². The van der Waals surface area contributed by atoms with Crippen LogP contribution in [0.25, 0.3) is 11.5 Å². The fraction of sp³-hybridized carbons (Fsp3) is 0.286. The summed E-state index contributed by atoms with van der Waals surface area (Å²) in [5, 5.41) is 8.49. The van der Waals surface area contributed by atoms with E-state index < -0.39 is 0 Å². The molecule has 0 aliphatic carbocycles. The van der Waals surface area contributed by atoms with Crippen molar-refractivity contribution in [3.8, 4) is 23.0 Å². The fourth-order valence-electron chi connectivity index (χ4n) is 2.85. The molecule has 2 aromatic carbocycles. The maximum absolute atomic E-state index is 12.1. The van der Waals surface area contributed by atoms with Gasteiger partial charge in [-0.1, -0.05) is 17.7 Å². The average Bonchev–Trinajstić information content (AvgIpc) is 3.08. The van der Waals surface area contributed by atoms with Gasteiger partial charge in [-0.3, -0.25) is 4.79 Å². The number of hydrogen-bond donors (Lipinski definition) is 0. The molecular weight excluding hydrogens is 396 g/mol. The number of hydrogen-bond acceptors (Lipinski definition) is 7. The molecule has 0 radical (unpaired) electrons. The SMILES string of the molecule is O=C(CCc1ccc2c(c1)OCCCO2)OCc1nnc(-c2ccc(Cl)cc2)o1. The predicted octanol–water partition coefficient (Wildman–Crippen LogP) is 4.23. The number of benzene rings is 2. The van der Waals surface area contributed by atoms with E-state index in [0.717, 1.165) is 23.3 Å². The van der Waals surface area contributed by atoms with Gasteiger partial charge in [0, 0.05) is 23.4 Å². The van der Waals surface area contributed by atoms with Crippen molar-refractivity contribution in [1.82, 2.24) is 10.2 Å². The lowest BCUT2D eigenvalue weighted by molar-refractivity contribution is -0.145. The Bertz CT molecular complexity index is 987. The van der Waals surface area contributed by atoms with Crippen LogP contribution in [-0.4, -0.2) is 29.4 Å². The summed E-state index contributed by atoms with van der Waals surface area (Å²) in [5.41, 5.74) is 1.72. The van der Waals surface area contributed by atoms with Crippen molar-refractivity contribution in [2.24, 2.45) is 0 Å². The maximum atomic E-state index is 12.1. The lowest BCUT2D eigenvalue weighted by Gasteiger charge is -2.09. The van der Waals surface area contributed by atoms with Crippen LogP contribution in [0, 0.1) is 0 Å². The smallest absolute Gasteiger partial charge is 0.306 e. The first kappa shape index (κ1) is 19.3. The van der Waals surface area contributed by atoms with E-state index in [-0.39, 0.29) is 24.9 Å². The molecule has 3 aromatic rings. The van der Waals surface area contributed by atoms with Crippen molar-refractivity contribution in [3.05, 3.63) is 58.9 Å². The van der Waals surface area contributed by atoms with Crippen LogP contribution in [0.15, 0.2) is 46.9 Å². The molecule has 7 nitrogen and oxygen atoms in total. The van der Waals surface area contributed by atoms with Crippen LogP contribution in [-0.2, 0) is 22.6 Å². The Morgan fingerprint density at radius 2 is 1.83 bits per heavy atom. The summed E-state index contributed by atoms with van der Waals surface area (Å²) in [6, 6.07) is 12.7. The summed E-state index contributed by atoms with van der Waals surface area (Å²) in [7, 11) is 0. The molecule has 0 spiro atoms. The Kier molecular flexibility index (Phi) is 5.95. The zero-order valence-corrected chi connectivity index (χ0v) is 16.4. The van der Waals surface area contributed by atoms with Gasteiger partial charge in [-0.25, -0.2) is 0 Å². The number of halogens is 1. The standard InChI is InChI=1S/C21H19ClN2O5/c22-16-6-4-15(5-7-16)21-24-23-19(29-21)13-28-20(25)9-3-14-2-8-17-18(12-14)27-11-1-10-26-17/h2,4-8,12H,1,3,9-11,13H2. The largest absolute Gasteiger partial charge is 0.490 e. The Morgan fingerprint density at radius 3 is 2.66 bits per heavy atom. The van der Waals surface area contributed by atoms with Crippen LogP contribution < -0.4 is 9.47 Å². The van der Waals surface area contributed by atoms with Crippen LogP contribution in [0.5, 0.6) is 11.5 Å². The molecule has 0 atom stereocenters. The molecule has 1 aliphatic heterocycles. The zero-order valence-electron chi connectivity index (χ0n) is 15.6. The van der Waals surface area contributed by atoms with E-state index >= 15 is 0 Å². The number of aryl methyl sites for hydroxylation is 1. The van der Waals surface area contributed by atoms with Gasteiger partial charge in [0.1, 0.15) is 0 Å². The first-order valence-corrected chi connectivity index (χ1v) is 9.67. The molecule has 0 saturated carbocycles. The molecule has 1 aliphatic rings. The Morgan fingerprint density at radius 1 is 1.03 bits per heavy atom. The minimum absolute atomic E-state index is 0.0689. The van der Waals surface area contributed by atoms with Crippen molar-refractivity contribution >= 4 is 17.6 Å². The lowest BCUT2D eigenvalue weighted by Crippen LogP contribution is -2.06. The fourth-order valence-corrected chi connectivity index (χ4v) is 2.97. The number of nitrogens with zero attached hydrogens (tertiary/aromatic N) is 2. The molecule has 8 heteroatoms. The molecule has 4 rings (SSSR count). The van der Waals surface area contributed by atoms with E-state index in [1.54, 1.807) is 24.3 Å². The molecule has 1 aromatic heterocycles. The third-order valence-electron chi connectivity index (χ3n) is 4.34. The molecule has 0 amide bonds. The quantitative estimate of drug-likeness (QED) is 0.558. The van der Waals surface area contributed by atoms with E-state index in [4.69, 9.17) is 30.2 Å². The van der Waals surface area contributed by atoms with E-state index in [1.165, 1.54) is 0 Å². The lowest BCUT2D eigenvalue weighted by atomic mass is 10.1. The van der Waals surface area contributed by atoms with Gasteiger partial charge >= 0.3 is 5.97 Å². The summed E-state index contributed by atoms with van der Waals surface area (Å²) in [6.07, 6.45) is 1.62. The minimum atomic E-state index is -0.344. The number of rotatable bonds is 6. The summed E-state index contributed by atoms with van der Waals surface area (Å²) < 4.78 is 22.0. The number of carbonyl (C=O) groups is 1. The van der Waals surface area contributed by atoms with Crippen LogP contribution in [0.3, 0.4) is 0 Å². The minimum Gasteiger partial charge on any atom is -0.490 e. The number of ether oxygens (including phenoxy) is 3. The van der Waals surface area contributed by atoms with E-state index in [2.05, 4.69) is 10.2 Å². The number of fused-ring (bicyclic) bond motifs is 1.